The van der Waals surface area contributed by atoms with Crippen molar-refractivity contribution in [1.29, 1.82) is 0 Å². The standard InChI is InChI=1S/C11H18O2/c1-10(2)6-11(3)5-4-8(10)9(11)13-7-12/h7-9H,4-6H2,1-3H3. The van der Waals surface area contributed by atoms with Crippen LogP contribution in [0.1, 0.15) is 40.0 Å². The van der Waals surface area contributed by atoms with Crippen LogP contribution in [-0.2, 0) is 9.53 Å². The van der Waals surface area contributed by atoms with Crippen LogP contribution in [0.25, 0.3) is 0 Å². The maximum Gasteiger partial charge on any atom is 0.293 e. The second kappa shape index (κ2) is 2.49. The number of carbonyl (C=O) groups is 1. The molecule has 0 aromatic rings. The fraction of sp³-hybridized carbons (Fsp3) is 0.909. The molecule has 0 aliphatic heterocycles. The largest absolute Gasteiger partial charge is 0.464 e. The number of carbonyl (C=O) groups excluding carboxylic acids is 1. The third-order valence-electron chi connectivity index (χ3n) is 4.14. The van der Waals surface area contributed by atoms with E-state index in [4.69, 9.17) is 4.74 Å². The Labute approximate surface area is 79.7 Å². The van der Waals surface area contributed by atoms with E-state index >= 15 is 0 Å². The summed E-state index contributed by atoms with van der Waals surface area (Å²) < 4.78 is 5.25. The molecule has 74 valence electrons. The Morgan fingerprint density at radius 3 is 2.46 bits per heavy atom. The summed E-state index contributed by atoms with van der Waals surface area (Å²) in [5.41, 5.74) is 0.621. The van der Waals surface area contributed by atoms with Crippen LogP contribution in [-0.4, -0.2) is 12.6 Å². The van der Waals surface area contributed by atoms with Gasteiger partial charge in [-0.3, -0.25) is 4.79 Å². The Hall–Kier alpha value is -0.530. The molecule has 2 nitrogen and oxygen atoms in total. The van der Waals surface area contributed by atoms with Gasteiger partial charge in [-0.05, 0) is 24.7 Å². The quantitative estimate of drug-likeness (QED) is 0.613. The Morgan fingerprint density at radius 1 is 1.38 bits per heavy atom. The summed E-state index contributed by atoms with van der Waals surface area (Å²) in [6.45, 7) is 7.48. The van der Waals surface area contributed by atoms with Gasteiger partial charge in [-0.1, -0.05) is 20.8 Å². The molecule has 0 aromatic carbocycles. The third kappa shape index (κ3) is 1.11. The highest BCUT2D eigenvalue weighted by Gasteiger charge is 2.60. The van der Waals surface area contributed by atoms with E-state index in [1.54, 1.807) is 0 Å². The zero-order valence-corrected chi connectivity index (χ0v) is 8.67. The fourth-order valence-corrected chi connectivity index (χ4v) is 3.74. The van der Waals surface area contributed by atoms with Crippen molar-refractivity contribution < 1.29 is 9.53 Å². The van der Waals surface area contributed by atoms with Gasteiger partial charge in [0.1, 0.15) is 6.10 Å². The van der Waals surface area contributed by atoms with E-state index in [-0.39, 0.29) is 11.5 Å². The van der Waals surface area contributed by atoms with Crippen molar-refractivity contribution in [2.45, 2.75) is 46.1 Å². The molecular formula is C11H18O2. The Bertz CT molecular complexity index is 234. The first-order valence-corrected chi connectivity index (χ1v) is 5.09. The Morgan fingerprint density at radius 2 is 2.08 bits per heavy atom. The summed E-state index contributed by atoms with van der Waals surface area (Å²) in [5, 5.41) is 0. The van der Waals surface area contributed by atoms with Gasteiger partial charge in [0.2, 0.25) is 0 Å². The molecule has 0 aromatic heterocycles. The van der Waals surface area contributed by atoms with Crippen LogP contribution in [0.5, 0.6) is 0 Å². The average molecular weight is 182 g/mol. The third-order valence-corrected chi connectivity index (χ3v) is 4.14. The lowest BCUT2D eigenvalue weighted by Crippen LogP contribution is -2.26. The summed E-state index contributed by atoms with van der Waals surface area (Å²) in [5.74, 6) is 0.586. The molecule has 2 rings (SSSR count). The first kappa shape index (κ1) is 9.04. The number of ether oxygens (including phenoxy) is 1. The van der Waals surface area contributed by atoms with Gasteiger partial charge in [-0.25, -0.2) is 0 Å². The lowest BCUT2D eigenvalue weighted by molar-refractivity contribution is -0.138. The van der Waals surface area contributed by atoms with Gasteiger partial charge in [0, 0.05) is 11.3 Å². The van der Waals surface area contributed by atoms with Gasteiger partial charge in [-0.15, -0.1) is 0 Å². The smallest absolute Gasteiger partial charge is 0.293 e. The molecule has 0 amide bonds. The first-order chi connectivity index (χ1) is 5.99. The minimum Gasteiger partial charge on any atom is -0.464 e. The van der Waals surface area contributed by atoms with Gasteiger partial charge in [0.25, 0.3) is 6.47 Å². The molecule has 0 heterocycles. The van der Waals surface area contributed by atoms with E-state index in [0.29, 0.717) is 17.8 Å². The number of hydrogen-bond acceptors (Lipinski definition) is 2. The van der Waals surface area contributed by atoms with Crippen molar-refractivity contribution in [1.82, 2.24) is 0 Å². The van der Waals surface area contributed by atoms with Crippen molar-refractivity contribution in [3.8, 4) is 0 Å². The average Bonchev–Trinajstić information content (AvgIpc) is 2.36. The van der Waals surface area contributed by atoms with Gasteiger partial charge < -0.3 is 4.74 Å². The van der Waals surface area contributed by atoms with Crippen molar-refractivity contribution in [2.75, 3.05) is 0 Å². The molecular weight excluding hydrogens is 164 g/mol. The normalized spacial score (nSPS) is 46.4. The van der Waals surface area contributed by atoms with Crippen molar-refractivity contribution in [3.63, 3.8) is 0 Å². The molecule has 2 aliphatic rings. The van der Waals surface area contributed by atoms with Crippen LogP contribution in [0.3, 0.4) is 0 Å². The van der Waals surface area contributed by atoms with E-state index in [2.05, 4.69) is 20.8 Å². The highest BCUT2D eigenvalue weighted by atomic mass is 16.5. The van der Waals surface area contributed by atoms with Crippen LogP contribution in [0.15, 0.2) is 0 Å². The predicted octanol–water partition coefficient (Wildman–Crippen LogP) is 2.37. The van der Waals surface area contributed by atoms with Crippen LogP contribution in [0.2, 0.25) is 0 Å². The zero-order chi connectivity index (χ0) is 9.69. The molecule has 2 bridgehead atoms. The van der Waals surface area contributed by atoms with Crippen LogP contribution in [0.4, 0.5) is 0 Å². The van der Waals surface area contributed by atoms with Crippen molar-refractivity contribution >= 4 is 6.47 Å². The molecule has 3 atom stereocenters. The van der Waals surface area contributed by atoms with Crippen LogP contribution >= 0.6 is 0 Å². The van der Waals surface area contributed by atoms with Crippen molar-refractivity contribution in [2.24, 2.45) is 16.7 Å². The monoisotopic (exact) mass is 182 g/mol. The summed E-state index contributed by atoms with van der Waals surface area (Å²) >= 11 is 0. The molecule has 13 heavy (non-hydrogen) atoms. The fourth-order valence-electron chi connectivity index (χ4n) is 3.74. The second-order valence-electron chi connectivity index (χ2n) is 5.62. The van der Waals surface area contributed by atoms with Gasteiger partial charge in [-0.2, -0.15) is 0 Å². The number of fused-ring (bicyclic) bond motifs is 2. The van der Waals surface area contributed by atoms with E-state index in [1.807, 2.05) is 0 Å². The molecule has 2 heteroatoms. The van der Waals surface area contributed by atoms with E-state index in [9.17, 15) is 4.79 Å². The van der Waals surface area contributed by atoms with E-state index in [1.165, 1.54) is 19.3 Å². The predicted molar refractivity (Wildman–Crippen MR) is 50.2 cm³/mol. The Balaban J connectivity index is 2.26. The molecule has 0 saturated heterocycles. The van der Waals surface area contributed by atoms with Crippen LogP contribution < -0.4 is 0 Å². The number of rotatable bonds is 2. The molecule has 0 spiro atoms. The minimum atomic E-state index is 0.181. The summed E-state index contributed by atoms with van der Waals surface area (Å²) in [6, 6.07) is 0. The maximum absolute atomic E-state index is 10.4. The van der Waals surface area contributed by atoms with Crippen LogP contribution in [0, 0.1) is 16.7 Å². The van der Waals surface area contributed by atoms with E-state index < -0.39 is 0 Å². The minimum absolute atomic E-state index is 0.181. The number of hydrogen-bond donors (Lipinski definition) is 0. The highest BCUT2D eigenvalue weighted by Crippen LogP contribution is 2.63. The SMILES string of the molecule is CC1(C)CC2(C)CCC1C2OC=O. The van der Waals surface area contributed by atoms with Gasteiger partial charge >= 0.3 is 0 Å². The molecule has 2 aliphatic carbocycles. The summed E-state index contributed by atoms with van der Waals surface area (Å²) in [4.78, 5) is 10.4. The molecule has 2 fully saturated rings. The molecule has 3 unspecified atom stereocenters. The lowest BCUT2D eigenvalue weighted by atomic mass is 9.73. The lowest BCUT2D eigenvalue weighted by Gasteiger charge is -2.31. The molecule has 0 radical (unpaired) electrons. The Kier molecular flexibility index (Phi) is 1.73. The van der Waals surface area contributed by atoms with Gasteiger partial charge in [0.15, 0.2) is 0 Å². The summed E-state index contributed by atoms with van der Waals surface area (Å²) in [6.07, 6.45) is 3.82. The van der Waals surface area contributed by atoms with E-state index in [0.717, 1.165) is 0 Å². The molecule has 2 saturated carbocycles. The van der Waals surface area contributed by atoms with Gasteiger partial charge in [0.05, 0.1) is 0 Å². The first-order valence-electron chi connectivity index (χ1n) is 5.09. The molecule has 0 N–H and O–H groups in total. The summed E-state index contributed by atoms with van der Waals surface area (Å²) in [7, 11) is 0. The topological polar surface area (TPSA) is 26.3 Å². The second-order valence-corrected chi connectivity index (χ2v) is 5.62. The van der Waals surface area contributed by atoms with Crippen molar-refractivity contribution in [3.05, 3.63) is 0 Å². The zero-order valence-electron chi connectivity index (χ0n) is 8.67. The maximum atomic E-state index is 10.4. The highest BCUT2D eigenvalue weighted by molar-refractivity contribution is 5.38.